The molecule has 0 aliphatic carbocycles. The Bertz CT molecular complexity index is 446. The van der Waals surface area contributed by atoms with Gasteiger partial charge in [-0.05, 0) is 11.1 Å². The molecule has 0 saturated carbocycles. The summed E-state index contributed by atoms with van der Waals surface area (Å²) < 4.78 is 9.82. The predicted octanol–water partition coefficient (Wildman–Crippen LogP) is 5.02. The summed E-state index contributed by atoms with van der Waals surface area (Å²) in [6.07, 6.45) is 4.24. The minimum absolute atomic E-state index is 0.708. The van der Waals surface area contributed by atoms with Crippen LogP contribution in [0.2, 0.25) is 5.32 Å². The summed E-state index contributed by atoms with van der Waals surface area (Å²) in [5, 5.41) is 0.993. The zero-order valence-corrected chi connectivity index (χ0v) is 13.9. The Morgan fingerprint density at radius 2 is 1.14 bits per heavy atom. The van der Waals surface area contributed by atoms with Gasteiger partial charge in [-0.3, -0.25) is 0 Å². The van der Waals surface area contributed by atoms with Crippen LogP contribution >= 0.6 is 0 Å². The molecule has 0 N–H and O–H groups in total. The van der Waals surface area contributed by atoms with Crippen LogP contribution < -0.4 is 0 Å². The molecule has 0 atom stereocenters. The minimum atomic E-state index is -0.708. The van der Waals surface area contributed by atoms with Crippen LogP contribution in [-0.4, -0.2) is 14.2 Å². The van der Waals surface area contributed by atoms with Crippen molar-refractivity contribution in [3.05, 3.63) is 71.8 Å². The summed E-state index contributed by atoms with van der Waals surface area (Å²) in [5.41, 5.74) is 2.47. The maximum absolute atomic E-state index is 4.91. The van der Waals surface area contributed by atoms with Crippen LogP contribution in [0.15, 0.2) is 60.7 Å². The molecule has 0 heterocycles. The van der Waals surface area contributed by atoms with E-state index in [-0.39, 0.29) is 0 Å². The molecule has 21 heavy (non-hydrogen) atoms. The van der Waals surface area contributed by atoms with Gasteiger partial charge in [0, 0.05) is 0 Å². The van der Waals surface area contributed by atoms with Crippen molar-refractivity contribution in [1.29, 1.82) is 0 Å². The van der Waals surface area contributed by atoms with E-state index in [1.165, 1.54) is 11.1 Å². The van der Waals surface area contributed by atoms with Crippen molar-refractivity contribution in [2.24, 2.45) is 0 Å². The fraction of sp³-hybridized carbons (Fsp3) is 0.222. The van der Waals surface area contributed by atoms with Crippen molar-refractivity contribution >= 4 is 12.2 Å². The maximum atomic E-state index is 4.91. The molecule has 2 aromatic carbocycles. The van der Waals surface area contributed by atoms with Gasteiger partial charge in [0.05, 0.1) is 0 Å². The van der Waals surface area contributed by atoms with Crippen LogP contribution in [0.4, 0.5) is 0 Å². The van der Waals surface area contributed by atoms with Crippen molar-refractivity contribution in [3.8, 4) is 0 Å². The fourth-order valence-electron chi connectivity index (χ4n) is 1.58. The Labute approximate surface area is 133 Å². The number of hydrogen-bond acceptors (Lipinski definition) is 2. The van der Waals surface area contributed by atoms with Gasteiger partial charge in [0.25, 0.3) is 0 Å². The Balaban J connectivity index is 0.000000270. The van der Waals surface area contributed by atoms with E-state index in [1.807, 2.05) is 43.3 Å². The van der Waals surface area contributed by atoms with Crippen LogP contribution in [0.3, 0.4) is 0 Å². The van der Waals surface area contributed by atoms with E-state index in [0.717, 1.165) is 5.32 Å². The molecular formula is C18H23FeO2. The molecule has 2 rings (SSSR count). The van der Waals surface area contributed by atoms with E-state index in [4.69, 9.17) is 7.64 Å². The van der Waals surface area contributed by atoms with Crippen LogP contribution in [0.1, 0.15) is 18.1 Å². The van der Waals surface area contributed by atoms with E-state index in [0.29, 0.717) is 0 Å². The zero-order chi connectivity index (χ0) is 15.3. The summed E-state index contributed by atoms with van der Waals surface area (Å²) >= 11 is -0.708. The third-order valence-corrected chi connectivity index (χ3v) is 4.24. The van der Waals surface area contributed by atoms with Gasteiger partial charge in [-0.2, -0.15) is 0 Å². The quantitative estimate of drug-likeness (QED) is 0.567. The molecule has 0 radical (unpaired) electrons. The molecule has 2 nitrogen and oxygen atoms in total. The van der Waals surface area contributed by atoms with Gasteiger partial charge in [0.15, 0.2) is 0 Å². The van der Waals surface area contributed by atoms with Crippen molar-refractivity contribution in [3.63, 3.8) is 0 Å². The number of hydrogen-bond donors (Lipinski definition) is 0. The summed E-state index contributed by atoms with van der Waals surface area (Å²) in [6, 6.07) is 20.6. The Hall–Kier alpha value is -1.38. The van der Waals surface area contributed by atoms with Gasteiger partial charge >= 0.3 is 48.7 Å². The molecule has 0 fully saturated rings. The van der Waals surface area contributed by atoms with Gasteiger partial charge in [-0.1, -0.05) is 72.8 Å². The summed E-state index contributed by atoms with van der Waals surface area (Å²) in [4.78, 5) is 0. The summed E-state index contributed by atoms with van der Waals surface area (Å²) in [6.45, 7) is 2.05. The third kappa shape index (κ3) is 7.84. The number of benzene rings is 2. The molecule has 0 aliphatic heterocycles. The van der Waals surface area contributed by atoms with Gasteiger partial charge in [0.1, 0.15) is 0 Å². The second-order valence-electron chi connectivity index (χ2n) is 3.96. The first-order chi connectivity index (χ1) is 10.3. The van der Waals surface area contributed by atoms with E-state index < -0.39 is 14.6 Å². The molecule has 0 saturated heterocycles. The third-order valence-electron chi connectivity index (χ3n) is 2.59. The van der Waals surface area contributed by atoms with Gasteiger partial charge in [-0.15, -0.1) is 0 Å². The van der Waals surface area contributed by atoms with Crippen LogP contribution in [0.25, 0.3) is 12.2 Å². The standard InChI is InChI=1S/C14H12.C2H5.2CH3O.Fe/c1-3-7-13(8-4-1)11-12-14-9-5-2-6-10-14;3*1-2;/h1-12H;1H2,2H3;2*1H3;/q;;2*-1;+2. The second kappa shape index (κ2) is 11.3. The SMILES string of the molecule is C(=Cc1ccccc1)c1ccccc1.C[CH2][Fe]([O]C)[O]C. The van der Waals surface area contributed by atoms with Gasteiger partial charge in [0.2, 0.25) is 0 Å². The monoisotopic (exact) mass is 327 g/mol. The van der Waals surface area contributed by atoms with Gasteiger partial charge in [-0.25, -0.2) is 0 Å². The first-order valence-corrected chi connectivity index (χ1v) is 8.48. The molecule has 0 bridgehead atoms. The average molecular weight is 327 g/mol. The predicted molar refractivity (Wildman–Crippen MR) is 86.3 cm³/mol. The van der Waals surface area contributed by atoms with Gasteiger partial charge < -0.3 is 0 Å². The molecule has 0 aliphatic rings. The molecule has 0 spiro atoms. The molecule has 0 aromatic heterocycles. The van der Waals surface area contributed by atoms with Crippen LogP contribution in [-0.2, 0) is 22.2 Å². The molecule has 2 aromatic rings. The van der Waals surface area contributed by atoms with Crippen molar-refractivity contribution in [2.75, 3.05) is 14.2 Å². The Morgan fingerprint density at radius 3 is 1.38 bits per heavy atom. The van der Waals surface area contributed by atoms with Crippen LogP contribution in [0.5, 0.6) is 0 Å². The fourth-order valence-corrected chi connectivity index (χ4v) is 2.41. The molecule has 115 valence electrons. The van der Waals surface area contributed by atoms with E-state index in [9.17, 15) is 0 Å². The topological polar surface area (TPSA) is 18.5 Å². The first kappa shape index (κ1) is 17.7. The van der Waals surface area contributed by atoms with E-state index in [2.05, 4.69) is 36.4 Å². The van der Waals surface area contributed by atoms with E-state index in [1.54, 1.807) is 14.2 Å². The zero-order valence-electron chi connectivity index (χ0n) is 12.8. The summed E-state index contributed by atoms with van der Waals surface area (Å²) in [7, 11) is 3.35. The average Bonchev–Trinajstić information content (AvgIpc) is 2.57. The Morgan fingerprint density at radius 1 is 0.762 bits per heavy atom. The second-order valence-corrected chi connectivity index (χ2v) is 6.46. The first-order valence-electron chi connectivity index (χ1n) is 6.79. The molecule has 3 heteroatoms. The molecule has 0 amide bonds. The molecular weight excluding hydrogens is 304 g/mol. The summed E-state index contributed by atoms with van der Waals surface area (Å²) in [5.74, 6) is 0. The number of rotatable bonds is 5. The van der Waals surface area contributed by atoms with Crippen molar-refractivity contribution in [2.45, 2.75) is 12.2 Å². The van der Waals surface area contributed by atoms with Crippen LogP contribution in [0, 0.1) is 0 Å². The normalized spacial score (nSPS) is 10.9. The van der Waals surface area contributed by atoms with E-state index >= 15 is 0 Å². The van der Waals surface area contributed by atoms with Crippen molar-refractivity contribution in [1.82, 2.24) is 0 Å². The molecule has 0 unspecified atom stereocenters. The Kier molecular flexibility index (Phi) is 9.51. The van der Waals surface area contributed by atoms with Crippen molar-refractivity contribution < 1.29 is 22.2 Å².